The smallest absolute Gasteiger partial charge is 0.271 e. The van der Waals surface area contributed by atoms with Gasteiger partial charge in [0, 0.05) is 29.4 Å². The molecule has 1 unspecified atom stereocenters. The number of phenols is 1. The number of rotatable bonds is 3. The normalized spacial score (nSPS) is 16.1. The van der Waals surface area contributed by atoms with Crippen molar-refractivity contribution in [1.29, 1.82) is 0 Å². The summed E-state index contributed by atoms with van der Waals surface area (Å²) in [5.74, 6) is 0.788. The minimum atomic E-state index is -0.415. The van der Waals surface area contributed by atoms with Crippen LogP contribution in [-0.4, -0.2) is 16.6 Å². The summed E-state index contributed by atoms with van der Waals surface area (Å²) in [5.41, 5.74) is 2.61. The minimum Gasteiger partial charge on any atom is -0.508 e. The number of hydrogen-bond acceptors (Lipinski definition) is 5. The van der Waals surface area contributed by atoms with Gasteiger partial charge in [-0.2, -0.15) is 0 Å². The number of non-ortho nitro benzene ring substituents is 1. The van der Waals surface area contributed by atoms with Crippen LogP contribution in [0.3, 0.4) is 0 Å². The fraction of sp³-hybridized carbons (Fsp3) is 0.200. The Morgan fingerprint density at radius 1 is 1.33 bits per heavy atom. The number of nitro benzene ring substituents is 1. The van der Waals surface area contributed by atoms with Crippen molar-refractivity contribution in [1.82, 2.24) is 0 Å². The Morgan fingerprint density at radius 3 is 2.90 bits per heavy atom. The fourth-order valence-corrected chi connectivity index (χ4v) is 2.39. The number of phenolic OH excluding ortho intramolecular Hbond substituents is 1. The molecule has 108 valence electrons. The van der Waals surface area contributed by atoms with Crippen molar-refractivity contribution in [3.05, 3.63) is 57.6 Å². The number of nitrogens with one attached hydrogen (secondary N) is 1. The van der Waals surface area contributed by atoms with E-state index in [1.54, 1.807) is 24.3 Å². The van der Waals surface area contributed by atoms with E-state index in [0.29, 0.717) is 18.0 Å². The van der Waals surface area contributed by atoms with Gasteiger partial charge in [0.15, 0.2) is 0 Å². The molecule has 0 amide bonds. The van der Waals surface area contributed by atoms with Crippen LogP contribution in [0.25, 0.3) is 0 Å². The van der Waals surface area contributed by atoms with Crippen LogP contribution in [0, 0.1) is 17.0 Å². The molecule has 0 aliphatic carbocycles. The van der Waals surface area contributed by atoms with Gasteiger partial charge < -0.3 is 15.2 Å². The van der Waals surface area contributed by atoms with Gasteiger partial charge in [-0.15, -0.1) is 0 Å². The first-order valence-electron chi connectivity index (χ1n) is 6.52. The van der Waals surface area contributed by atoms with Crippen molar-refractivity contribution in [3.63, 3.8) is 0 Å². The molecule has 2 aromatic carbocycles. The molecule has 0 bridgehead atoms. The number of anilines is 1. The standard InChI is InChI=1S/C15H14N2O4/c1-9-2-3-10(17(19)20)6-13(9)16-14-8-21-15-7-11(18)4-5-12(14)15/h2-7,14,16,18H,8H2,1H3. The van der Waals surface area contributed by atoms with Gasteiger partial charge in [0.25, 0.3) is 5.69 Å². The number of benzene rings is 2. The maximum Gasteiger partial charge on any atom is 0.271 e. The summed E-state index contributed by atoms with van der Waals surface area (Å²) in [7, 11) is 0. The number of nitrogens with zero attached hydrogens (tertiary/aromatic N) is 1. The molecule has 2 aromatic rings. The number of hydrogen-bond donors (Lipinski definition) is 2. The molecular weight excluding hydrogens is 272 g/mol. The van der Waals surface area contributed by atoms with Gasteiger partial charge in [-0.25, -0.2) is 0 Å². The number of ether oxygens (including phenoxy) is 1. The van der Waals surface area contributed by atoms with Crippen LogP contribution in [0.5, 0.6) is 11.5 Å². The molecule has 0 fully saturated rings. The lowest BCUT2D eigenvalue weighted by atomic mass is 10.1. The van der Waals surface area contributed by atoms with E-state index in [9.17, 15) is 15.2 Å². The molecule has 0 saturated carbocycles. The van der Waals surface area contributed by atoms with Gasteiger partial charge in [0.2, 0.25) is 0 Å². The van der Waals surface area contributed by atoms with E-state index in [0.717, 1.165) is 11.1 Å². The molecule has 1 atom stereocenters. The molecular formula is C15H14N2O4. The van der Waals surface area contributed by atoms with Crippen LogP contribution in [0.4, 0.5) is 11.4 Å². The second kappa shape index (κ2) is 4.97. The first-order valence-corrected chi connectivity index (χ1v) is 6.52. The van der Waals surface area contributed by atoms with E-state index in [-0.39, 0.29) is 17.5 Å². The summed E-state index contributed by atoms with van der Waals surface area (Å²) in [5, 5.41) is 23.6. The predicted octanol–water partition coefficient (Wildman–Crippen LogP) is 3.15. The SMILES string of the molecule is Cc1ccc([N+](=O)[O-])cc1NC1COc2cc(O)ccc21. The highest BCUT2D eigenvalue weighted by Gasteiger charge is 2.25. The molecule has 1 aliphatic heterocycles. The topological polar surface area (TPSA) is 84.6 Å². The maximum atomic E-state index is 10.9. The van der Waals surface area contributed by atoms with E-state index in [4.69, 9.17) is 4.74 Å². The van der Waals surface area contributed by atoms with Crippen LogP contribution >= 0.6 is 0 Å². The van der Waals surface area contributed by atoms with Crippen LogP contribution in [0.2, 0.25) is 0 Å². The number of aryl methyl sites for hydroxylation is 1. The van der Waals surface area contributed by atoms with Crippen molar-refractivity contribution in [2.75, 3.05) is 11.9 Å². The van der Waals surface area contributed by atoms with E-state index in [2.05, 4.69) is 5.32 Å². The molecule has 0 radical (unpaired) electrons. The Bertz CT molecular complexity index is 715. The van der Waals surface area contributed by atoms with Gasteiger partial charge in [-0.1, -0.05) is 6.07 Å². The van der Waals surface area contributed by atoms with Crippen molar-refractivity contribution in [2.24, 2.45) is 0 Å². The first-order chi connectivity index (χ1) is 10.0. The van der Waals surface area contributed by atoms with E-state index >= 15 is 0 Å². The molecule has 2 N–H and O–H groups in total. The lowest BCUT2D eigenvalue weighted by molar-refractivity contribution is -0.384. The molecule has 0 spiro atoms. The molecule has 6 heteroatoms. The predicted molar refractivity (Wildman–Crippen MR) is 77.8 cm³/mol. The second-order valence-corrected chi connectivity index (χ2v) is 4.99. The average molecular weight is 286 g/mol. The highest BCUT2D eigenvalue weighted by atomic mass is 16.6. The largest absolute Gasteiger partial charge is 0.508 e. The molecule has 6 nitrogen and oxygen atoms in total. The van der Waals surface area contributed by atoms with Gasteiger partial charge >= 0.3 is 0 Å². The monoisotopic (exact) mass is 286 g/mol. The third-order valence-corrected chi connectivity index (χ3v) is 3.54. The van der Waals surface area contributed by atoms with E-state index in [1.807, 2.05) is 6.92 Å². The van der Waals surface area contributed by atoms with Crippen molar-refractivity contribution < 1.29 is 14.8 Å². The van der Waals surface area contributed by atoms with E-state index in [1.165, 1.54) is 12.1 Å². The fourth-order valence-electron chi connectivity index (χ4n) is 2.39. The molecule has 1 aliphatic rings. The molecule has 21 heavy (non-hydrogen) atoms. The lowest BCUT2D eigenvalue weighted by Gasteiger charge is -2.15. The Hall–Kier alpha value is -2.76. The van der Waals surface area contributed by atoms with Crippen molar-refractivity contribution in [3.8, 4) is 11.5 Å². The highest BCUT2D eigenvalue weighted by molar-refractivity contribution is 5.59. The summed E-state index contributed by atoms with van der Waals surface area (Å²) >= 11 is 0. The van der Waals surface area contributed by atoms with Gasteiger partial charge in [-0.3, -0.25) is 10.1 Å². The van der Waals surface area contributed by atoms with Crippen LogP contribution in [0.1, 0.15) is 17.2 Å². The lowest BCUT2D eigenvalue weighted by Crippen LogP contribution is -2.12. The zero-order valence-electron chi connectivity index (χ0n) is 11.4. The Balaban J connectivity index is 1.89. The number of aromatic hydroxyl groups is 1. The average Bonchev–Trinajstić information content (AvgIpc) is 2.83. The van der Waals surface area contributed by atoms with Gasteiger partial charge in [0.05, 0.1) is 11.0 Å². The third-order valence-electron chi connectivity index (χ3n) is 3.54. The first kappa shape index (κ1) is 13.2. The van der Waals surface area contributed by atoms with Gasteiger partial charge in [0.1, 0.15) is 18.1 Å². The van der Waals surface area contributed by atoms with Crippen molar-refractivity contribution >= 4 is 11.4 Å². The zero-order chi connectivity index (χ0) is 15.0. The summed E-state index contributed by atoms with van der Waals surface area (Å²) in [4.78, 5) is 10.4. The highest BCUT2D eigenvalue weighted by Crippen LogP contribution is 2.37. The van der Waals surface area contributed by atoms with Crippen LogP contribution < -0.4 is 10.1 Å². The summed E-state index contributed by atoms with van der Waals surface area (Å²) in [6.07, 6.45) is 0. The molecule has 0 aromatic heterocycles. The summed E-state index contributed by atoms with van der Waals surface area (Å²) < 4.78 is 5.53. The van der Waals surface area contributed by atoms with Gasteiger partial charge in [-0.05, 0) is 24.6 Å². The Morgan fingerprint density at radius 2 is 2.14 bits per heavy atom. The molecule has 1 heterocycles. The third kappa shape index (κ3) is 2.47. The molecule has 0 saturated heterocycles. The summed E-state index contributed by atoms with van der Waals surface area (Å²) in [6.45, 7) is 2.31. The Labute approximate surface area is 121 Å². The maximum absolute atomic E-state index is 10.9. The number of fused-ring (bicyclic) bond motifs is 1. The second-order valence-electron chi connectivity index (χ2n) is 4.99. The zero-order valence-corrected chi connectivity index (χ0v) is 11.4. The Kier molecular flexibility index (Phi) is 3.13. The van der Waals surface area contributed by atoms with E-state index < -0.39 is 4.92 Å². The van der Waals surface area contributed by atoms with Crippen molar-refractivity contribution in [2.45, 2.75) is 13.0 Å². The minimum absolute atomic E-state index is 0.0490. The quantitative estimate of drug-likeness (QED) is 0.668. The molecule has 3 rings (SSSR count). The summed E-state index contributed by atoms with van der Waals surface area (Å²) in [6, 6.07) is 9.59. The van der Waals surface area contributed by atoms with Crippen LogP contribution in [-0.2, 0) is 0 Å². The number of nitro groups is 1. The van der Waals surface area contributed by atoms with Crippen LogP contribution in [0.15, 0.2) is 36.4 Å².